The lowest BCUT2D eigenvalue weighted by molar-refractivity contribution is -0.120. The zero-order valence-electron chi connectivity index (χ0n) is 12.8. The Balaban J connectivity index is 1.64. The van der Waals surface area contributed by atoms with Crippen LogP contribution in [-0.2, 0) is 4.79 Å². The van der Waals surface area contributed by atoms with Gasteiger partial charge in [0.05, 0.1) is 0 Å². The van der Waals surface area contributed by atoms with E-state index >= 15 is 0 Å². The molecule has 3 amide bonds. The predicted octanol–water partition coefficient (Wildman–Crippen LogP) is 0.660. The van der Waals surface area contributed by atoms with Crippen LogP contribution in [0.15, 0.2) is 24.3 Å². The Bertz CT molecular complexity index is 579. The Hall–Kier alpha value is -2.12. The molecule has 7 nitrogen and oxygen atoms in total. The lowest BCUT2D eigenvalue weighted by atomic mass is 9.96. The van der Waals surface area contributed by atoms with Crippen LogP contribution in [0.1, 0.15) is 19.3 Å². The largest absolute Gasteiger partial charge is 0.372 e. The number of benzene rings is 1. The summed E-state index contributed by atoms with van der Waals surface area (Å²) in [5.41, 5.74) is 1.81. The molecule has 7 heteroatoms. The standard InChI is InChI=1S/C16H21N3O4/c20-14-7-10-19(16(23)17-14)13-3-1-12(2-4-13)18-8-5-11(6-9-18)15(21)22/h1-4,11,15,21-22H,5-10H2,(H,17,20,23). The molecule has 2 saturated heterocycles. The highest BCUT2D eigenvalue weighted by Crippen LogP contribution is 2.27. The molecule has 2 heterocycles. The third-order valence-electron chi connectivity index (χ3n) is 4.54. The van der Waals surface area contributed by atoms with E-state index in [1.165, 1.54) is 0 Å². The summed E-state index contributed by atoms with van der Waals surface area (Å²) in [4.78, 5) is 26.8. The van der Waals surface area contributed by atoms with Gasteiger partial charge in [0, 0.05) is 43.3 Å². The van der Waals surface area contributed by atoms with E-state index in [4.69, 9.17) is 0 Å². The highest BCUT2D eigenvalue weighted by Gasteiger charge is 2.26. The third kappa shape index (κ3) is 3.46. The molecule has 23 heavy (non-hydrogen) atoms. The van der Waals surface area contributed by atoms with E-state index in [-0.39, 0.29) is 17.9 Å². The van der Waals surface area contributed by atoms with Crippen molar-refractivity contribution in [1.29, 1.82) is 0 Å². The summed E-state index contributed by atoms with van der Waals surface area (Å²) < 4.78 is 0. The van der Waals surface area contributed by atoms with Gasteiger partial charge in [-0.2, -0.15) is 0 Å². The molecular weight excluding hydrogens is 298 g/mol. The molecule has 2 aliphatic heterocycles. The van der Waals surface area contributed by atoms with Gasteiger partial charge in [-0.1, -0.05) is 0 Å². The number of carbonyl (C=O) groups is 2. The zero-order chi connectivity index (χ0) is 16.4. The number of carbonyl (C=O) groups excluding carboxylic acids is 2. The predicted molar refractivity (Wildman–Crippen MR) is 85.1 cm³/mol. The second-order valence-corrected chi connectivity index (χ2v) is 6.01. The van der Waals surface area contributed by atoms with Crippen LogP contribution in [0.5, 0.6) is 0 Å². The number of nitrogens with zero attached hydrogens (tertiary/aromatic N) is 2. The third-order valence-corrected chi connectivity index (χ3v) is 4.54. The first-order chi connectivity index (χ1) is 11.0. The van der Waals surface area contributed by atoms with Crippen LogP contribution in [-0.4, -0.2) is 48.1 Å². The van der Waals surface area contributed by atoms with Crippen LogP contribution in [0.4, 0.5) is 16.2 Å². The average molecular weight is 319 g/mol. The van der Waals surface area contributed by atoms with E-state index in [1.54, 1.807) is 4.90 Å². The van der Waals surface area contributed by atoms with Gasteiger partial charge in [0.1, 0.15) is 0 Å². The Morgan fingerprint density at radius 3 is 2.17 bits per heavy atom. The number of urea groups is 1. The molecule has 0 unspecified atom stereocenters. The van der Waals surface area contributed by atoms with Crippen molar-refractivity contribution in [3.8, 4) is 0 Å². The summed E-state index contributed by atoms with van der Waals surface area (Å²) in [6.45, 7) is 1.95. The first kappa shape index (κ1) is 15.8. The van der Waals surface area contributed by atoms with Crippen molar-refractivity contribution in [2.75, 3.05) is 29.4 Å². The Morgan fingerprint density at radius 2 is 1.61 bits per heavy atom. The van der Waals surface area contributed by atoms with E-state index in [9.17, 15) is 19.8 Å². The Morgan fingerprint density at radius 1 is 1.00 bits per heavy atom. The van der Waals surface area contributed by atoms with Gasteiger partial charge in [-0.3, -0.25) is 15.0 Å². The molecule has 0 radical (unpaired) electrons. The van der Waals surface area contributed by atoms with Gasteiger partial charge >= 0.3 is 6.03 Å². The van der Waals surface area contributed by atoms with Gasteiger partial charge in [-0.15, -0.1) is 0 Å². The smallest absolute Gasteiger partial charge is 0.328 e. The molecule has 0 atom stereocenters. The average Bonchev–Trinajstić information content (AvgIpc) is 2.55. The van der Waals surface area contributed by atoms with E-state index < -0.39 is 6.29 Å². The zero-order valence-corrected chi connectivity index (χ0v) is 12.8. The van der Waals surface area contributed by atoms with Crippen molar-refractivity contribution in [1.82, 2.24) is 5.32 Å². The number of aliphatic hydroxyl groups excluding tert-OH is 1. The lowest BCUT2D eigenvalue weighted by Crippen LogP contribution is -2.49. The van der Waals surface area contributed by atoms with Gasteiger partial charge in [0.25, 0.3) is 0 Å². The van der Waals surface area contributed by atoms with Crippen LogP contribution < -0.4 is 15.1 Å². The molecule has 1 aromatic rings. The molecule has 2 aliphatic rings. The summed E-state index contributed by atoms with van der Waals surface area (Å²) in [5, 5.41) is 20.8. The van der Waals surface area contributed by atoms with Crippen LogP contribution in [0, 0.1) is 5.92 Å². The monoisotopic (exact) mass is 319 g/mol. The summed E-state index contributed by atoms with van der Waals surface area (Å²) in [6, 6.07) is 7.27. The Kier molecular flexibility index (Phi) is 4.49. The van der Waals surface area contributed by atoms with Crippen molar-refractivity contribution < 1.29 is 19.8 Å². The SMILES string of the molecule is O=C1CCN(c2ccc(N3CCC(C(O)O)CC3)cc2)C(=O)N1. The number of rotatable bonds is 3. The van der Waals surface area contributed by atoms with Gasteiger partial charge in [0.2, 0.25) is 5.91 Å². The van der Waals surface area contributed by atoms with Crippen molar-refractivity contribution in [3.63, 3.8) is 0 Å². The molecular formula is C16H21N3O4. The topological polar surface area (TPSA) is 93.1 Å². The fourth-order valence-corrected chi connectivity index (χ4v) is 3.11. The number of nitrogens with one attached hydrogen (secondary N) is 1. The molecule has 0 bridgehead atoms. The summed E-state index contributed by atoms with van der Waals surface area (Å²) in [7, 11) is 0. The van der Waals surface area contributed by atoms with Crippen molar-refractivity contribution >= 4 is 23.3 Å². The fourth-order valence-electron chi connectivity index (χ4n) is 3.11. The fraction of sp³-hybridized carbons (Fsp3) is 0.500. The molecule has 0 saturated carbocycles. The lowest BCUT2D eigenvalue weighted by Gasteiger charge is -2.34. The van der Waals surface area contributed by atoms with Crippen LogP contribution in [0.3, 0.4) is 0 Å². The maximum absolute atomic E-state index is 11.8. The van der Waals surface area contributed by atoms with Gasteiger partial charge in [0.15, 0.2) is 6.29 Å². The number of imide groups is 1. The van der Waals surface area contributed by atoms with Crippen molar-refractivity contribution in [2.24, 2.45) is 5.92 Å². The minimum Gasteiger partial charge on any atom is -0.372 e. The quantitative estimate of drug-likeness (QED) is 0.712. The summed E-state index contributed by atoms with van der Waals surface area (Å²) >= 11 is 0. The molecule has 2 fully saturated rings. The van der Waals surface area contributed by atoms with E-state index in [1.807, 2.05) is 24.3 Å². The number of piperidine rings is 1. The number of hydrogen-bond donors (Lipinski definition) is 3. The molecule has 0 aliphatic carbocycles. The first-order valence-corrected chi connectivity index (χ1v) is 7.87. The number of anilines is 2. The number of aliphatic hydroxyl groups is 2. The highest BCUT2D eigenvalue weighted by atomic mass is 16.5. The minimum atomic E-state index is -1.24. The van der Waals surface area contributed by atoms with Crippen LogP contribution in [0.2, 0.25) is 0 Å². The molecule has 0 spiro atoms. The second kappa shape index (κ2) is 6.55. The molecule has 3 N–H and O–H groups in total. The van der Waals surface area contributed by atoms with E-state index in [0.717, 1.165) is 37.3 Å². The summed E-state index contributed by atoms with van der Waals surface area (Å²) in [6.07, 6.45) is 0.566. The maximum atomic E-state index is 11.8. The number of hydrogen-bond acceptors (Lipinski definition) is 5. The maximum Gasteiger partial charge on any atom is 0.328 e. The Labute approximate surface area is 134 Å². The van der Waals surface area contributed by atoms with Crippen molar-refractivity contribution in [2.45, 2.75) is 25.6 Å². The number of amides is 3. The van der Waals surface area contributed by atoms with Gasteiger partial charge < -0.3 is 15.1 Å². The second-order valence-electron chi connectivity index (χ2n) is 6.01. The van der Waals surface area contributed by atoms with Gasteiger partial charge in [-0.05, 0) is 37.1 Å². The van der Waals surface area contributed by atoms with Crippen LogP contribution >= 0.6 is 0 Å². The molecule has 1 aromatic carbocycles. The summed E-state index contributed by atoms with van der Waals surface area (Å²) in [5.74, 6) is -0.295. The first-order valence-electron chi connectivity index (χ1n) is 7.87. The normalized spacial score (nSPS) is 20.1. The molecule has 0 aromatic heterocycles. The minimum absolute atomic E-state index is 0.0555. The van der Waals surface area contributed by atoms with E-state index in [0.29, 0.717) is 13.0 Å². The van der Waals surface area contributed by atoms with Gasteiger partial charge in [-0.25, -0.2) is 4.79 Å². The molecule has 124 valence electrons. The highest BCUT2D eigenvalue weighted by molar-refractivity contribution is 6.05. The van der Waals surface area contributed by atoms with E-state index in [2.05, 4.69) is 10.2 Å². The van der Waals surface area contributed by atoms with Crippen molar-refractivity contribution in [3.05, 3.63) is 24.3 Å². The van der Waals surface area contributed by atoms with Crippen LogP contribution in [0.25, 0.3) is 0 Å². The molecule has 3 rings (SSSR count).